The van der Waals surface area contributed by atoms with Crippen molar-refractivity contribution < 1.29 is 9.59 Å². The number of nitrogens with one attached hydrogen (secondary N) is 3. The van der Waals surface area contributed by atoms with Gasteiger partial charge in [-0.25, -0.2) is 4.79 Å². The third-order valence-corrected chi connectivity index (χ3v) is 5.08. The van der Waals surface area contributed by atoms with Gasteiger partial charge in [0.2, 0.25) is 5.91 Å². The summed E-state index contributed by atoms with van der Waals surface area (Å²) in [6.45, 7) is 6.23. The van der Waals surface area contributed by atoms with Crippen LogP contribution in [0.25, 0.3) is 0 Å². The molecule has 0 radical (unpaired) electrons. The molecule has 25 heavy (non-hydrogen) atoms. The second-order valence-electron chi connectivity index (χ2n) is 7.32. The van der Waals surface area contributed by atoms with Crippen molar-refractivity contribution in [2.24, 2.45) is 5.92 Å². The zero-order valence-electron chi connectivity index (χ0n) is 15.8. The normalized spacial score (nSPS) is 21.3. The second kappa shape index (κ2) is 8.88. The summed E-state index contributed by atoms with van der Waals surface area (Å²) in [7, 11) is 1.68. The van der Waals surface area contributed by atoms with E-state index in [0.29, 0.717) is 0 Å². The first-order valence-electron chi connectivity index (χ1n) is 9.23. The fourth-order valence-corrected chi connectivity index (χ4v) is 3.61. The van der Waals surface area contributed by atoms with Crippen LogP contribution in [0.3, 0.4) is 0 Å². The highest BCUT2D eigenvalue weighted by Gasteiger charge is 2.26. The fourth-order valence-electron chi connectivity index (χ4n) is 3.61. The Morgan fingerprint density at radius 2 is 1.84 bits per heavy atom. The highest BCUT2D eigenvalue weighted by molar-refractivity contribution is 5.78. The second-order valence-corrected chi connectivity index (χ2v) is 7.32. The summed E-state index contributed by atoms with van der Waals surface area (Å²) >= 11 is 0. The monoisotopic (exact) mass is 345 g/mol. The molecule has 5 nitrogen and oxygen atoms in total. The third-order valence-electron chi connectivity index (χ3n) is 5.08. The summed E-state index contributed by atoms with van der Waals surface area (Å²) in [4.78, 5) is 23.9. The minimum atomic E-state index is -0.111. The Morgan fingerprint density at radius 3 is 2.44 bits per heavy atom. The third kappa shape index (κ3) is 5.76. The summed E-state index contributed by atoms with van der Waals surface area (Å²) in [5.41, 5.74) is 3.79. The zero-order chi connectivity index (χ0) is 18.4. The lowest BCUT2D eigenvalue weighted by atomic mass is 9.85. The highest BCUT2D eigenvalue weighted by Crippen LogP contribution is 2.24. The van der Waals surface area contributed by atoms with Gasteiger partial charge in [-0.1, -0.05) is 23.8 Å². The Kier molecular flexibility index (Phi) is 6.85. The van der Waals surface area contributed by atoms with E-state index in [2.05, 4.69) is 48.0 Å². The Morgan fingerprint density at radius 1 is 1.16 bits per heavy atom. The number of hydrogen-bond acceptors (Lipinski definition) is 2. The summed E-state index contributed by atoms with van der Waals surface area (Å²) < 4.78 is 0. The quantitative estimate of drug-likeness (QED) is 0.768. The van der Waals surface area contributed by atoms with Gasteiger partial charge in [-0.2, -0.15) is 0 Å². The number of amides is 3. The van der Waals surface area contributed by atoms with Gasteiger partial charge in [0, 0.05) is 25.0 Å². The molecule has 0 spiro atoms. The maximum atomic E-state index is 12.2. The molecule has 3 amide bonds. The van der Waals surface area contributed by atoms with Gasteiger partial charge in [0.25, 0.3) is 0 Å². The molecule has 3 N–H and O–H groups in total. The molecule has 1 aliphatic rings. The molecule has 5 heteroatoms. The molecule has 1 fully saturated rings. The minimum Gasteiger partial charge on any atom is -0.359 e. The van der Waals surface area contributed by atoms with Gasteiger partial charge in [-0.3, -0.25) is 4.79 Å². The number of aryl methyl sites for hydroxylation is 2. The molecule has 138 valence electrons. The molecule has 0 aliphatic heterocycles. The number of benzene rings is 1. The van der Waals surface area contributed by atoms with E-state index in [0.717, 1.165) is 32.1 Å². The van der Waals surface area contributed by atoms with Gasteiger partial charge < -0.3 is 16.0 Å². The van der Waals surface area contributed by atoms with Crippen LogP contribution >= 0.6 is 0 Å². The molecule has 0 bridgehead atoms. The molecule has 0 aromatic heterocycles. The van der Waals surface area contributed by atoms with E-state index in [1.54, 1.807) is 7.05 Å². The first kappa shape index (κ1) is 19.3. The largest absolute Gasteiger partial charge is 0.359 e. The predicted octanol–water partition coefficient (Wildman–Crippen LogP) is 2.84. The van der Waals surface area contributed by atoms with Crippen molar-refractivity contribution in [3.8, 4) is 0 Å². The van der Waals surface area contributed by atoms with Gasteiger partial charge in [0.1, 0.15) is 0 Å². The average molecular weight is 345 g/mol. The van der Waals surface area contributed by atoms with Crippen LogP contribution in [0, 0.1) is 19.8 Å². The van der Waals surface area contributed by atoms with Gasteiger partial charge >= 0.3 is 6.03 Å². The van der Waals surface area contributed by atoms with Crippen molar-refractivity contribution in [3.05, 3.63) is 34.9 Å². The lowest BCUT2D eigenvalue weighted by molar-refractivity contribution is -0.125. The van der Waals surface area contributed by atoms with Crippen LogP contribution < -0.4 is 16.0 Å². The van der Waals surface area contributed by atoms with Crippen molar-refractivity contribution >= 4 is 11.9 Å². The van der Waals surface area contributed by atoms with Gasteiger partial charge in [0.05, 0.1) is 0 Å². The van der Waals surface area contributed by atoms with Gasteiger partial charge in [0.15, 0.2) is 0 Å². The molecule has 1 aromatic carbocycles. The number of urea groups is 1. The summed E-state index contributed by atoms with van der Waals surface area (Å²) in [5, 5.41) is 8.80. The molecular formula is C20H31N3O2. The van der Waals surface area contributed by atoms with Crippen molar-refractivity contribution in [1.29, 1.82) is 0 Å². The molecule has 0 heterocycles. The van der Waals surface area contributed by atoms with E-state index >= 15 is 0 Å². The van der Waals surface area contributed by atoms with E-state index in [1.165, 1.54) is 16.7 Å². The molecular weight excluding hydrogens is 314 g/mol. The molecule has 1 saturated carbocycles. The minimum absolute atomic E-state index is 0.0728. The van der Waals surface area contributed by atoms with E-state index in [4.69, 9.17) is 0 Å². The Labute approximate surface area is 151 Å². The summed E-state index contributed by atoms with van der Waals surface area (Å²) in [6, 6.07) is 6.55. The number of rotatable bonds is 5. The van der Waals surface area contributed by atoms with E-state index in [9.17, 15) is 9.59 Å². The summed E-state index contributed by atoms with van der Waals surface area (Å²) in [5.74, 6) is 0.208. The first-order chi connectivity index (χ1) is 11.9. The Balaban J connectivity index is 1.75. The van der Waals surface area contributed by atoms with Crippen LogP contribution in [0.5, 0.6) is 0 Å². The standard InChI is InChI=1S/C20H31N3O2/c1-13-5-6-17(14(2)11-13)12-15(3)22-20(25)23-18-9-7-16(8-10-18)19(24)21-4/h5-6,11,15-16,18H,7-10,12H2,1-4H3,(H,21,24)(H2,22,23,25)/t15-,16?,18?/m1/s1. The predicted molar refractivity (Wildman–Crippen MR) is 101 cm³/mol. The first-order valence-corrected chi connectivity index (χ1v) is 9.23. The van der Waals surface area contributed by atoms with Gasteiger partial charge in [-0.05, 0) is 64.0 Å². The summed E-state index contributed by atoms with van der Waals surface area (Å²) in [6.07, 6.45) is 4.21. The average Bonchev–Trinajstić information content (AvgIpc) is 2.57. The maximum absolute atomic E-state index is 12.2. The maximum Gasteiger partial charge on any atom is 0.315 e. The van der Waals surface area contributed by atoms with Crippen LogP contribution in [0.1, 0.15) is 49.3 Å². The van der Waals surface area contributed by atoms with Crippen molar-refractivity contribution in [2.75, 3.05) is 7.05 Å². The Hall–Kier alpha value is -2.04. The van der Waals surface area contributed by atoms with Crippen LogP contribution in [0.4, 0.5) is 4.79 Å². The topological polar surface area (TPSA) is 70.2 Å². The number of carbonyl (C=O) groups is 2. The van der Waals surface area contributed by atoms with Crippen LogP contribution in [-0.2, 0) is 11.2 Å². The SMILES string of the molecule is CNC(=O)C1CCC(NC(=O)N[C@H](C)Cc2ccc(C)cc2C)CC1. The van der Waals surface area contributed by atoms with E-state index in [-0.39, 0.29) is 29.9 Å². The zero-order valence-corrected chi connectivity index (χ0v) is 15.8. The molecule has 2 rings (SSSR count). The smallest absolute Gasteiger partial charge is 0.315 e. The Bertz CT molecular complexity index is 607. The fraction of sp³-hybridized carbons (Fsp3) is 0.600. The lowest BCUT2D eigenvalue weighted by Gasteiger charge is -2.28. The molecule has 0 saturated heterocycles. The molecule has 1 aliphatic carbocycles. The molecule has 1 aromatic rings. The van der Waals surface area contributed by atoms with Crippen molar-refractivity contribution in [3.63, 3.8) is 0 Å². The van der Waals surface area contributed by atoms with Crippen LogP contribution in [0.15, 0.2) is 18.2 Å². The van der Waals surface area contributed by atoms with Crippen LogP contribution in [0.2, 0.25) is 0 Å². The number of hydrogen-bond donors (Lipinski definition) is 3. The molecule has 1 atom stereocenters. The lowest BCUT2D eigenvalue weighted by Crippen LogP contribution is -2.47. The van der Waals surface area contributed by atoms with E-state index in [1.807, 2.05) is 6.92 Å². The van der Waals surface area contributed by atoms with Crippen molar-refractivity contribution in [1.82, 2.24) is 16.0 Å². The van der Waals surface area contributed by atoms with Gasteiger partial charge in [-0.15, -0.1) is 0 Å². The van der Waals surface area contributed by atoms with Crippen molar-refractivity contribution in [2.45, 2.75) is 65.0 Å². The van der Waals surface area contributed by atoms with Crippen LogP contribution in [-0.4, -0.2) is 31.1 Å². The molecule has 0 unspecified atom stereocenters. The highest BCUT2D eigenvalue weighted by atomic mass is 16.2. The van der Waals surface area contributed by atoms with E-state index < -0.39 is 0 Å². The number of carbonyl (C=O) groups excluding carboxylic acids is 2.